The Morgan fingerprint density at radius 3 is 2.67 bits per heavy atom. The van der Waals surface area contributed by atoms with Crippen LogP contribution in [0, 0.1) is 0 Å². The zero-order valence-electron chi connectivity index (χ0n) is 13.1. The molecule has 3 saturated heterocycles. The van der Waals surface area contributed by atoms with E-state index in [1.165, 1.54) is 6.42 Å². The smallest absolute Gasteiger partial charge is 0.317 e. The van der Waals surface area contributed by atoms with Gasteiger partial charge >= 0.3 is 6.03 Å². The molecule has 0 radical (unpaired) electrons. The Bertz CT molecular complexity index is 371. The maximum Gasteiger partial charge on any atom is 0.317 e. The van der Waals surface area contributed by atoms with Gasteiger partial charge in [-0.15, -0.1) is 0 Å². The Labute approximate surface area is 126 Å². The van der Waals surface area contributed by atoms with E-state index < -0.39 is 0 Å². The van der Waals surface area contributed by atoms with Crippen molar-refractivity contribution in [3.05, 3.63) is 0 Å². The fraction of sp³-hybridized carbons (Fsp3) is 0.933. The molecule has 2 amide bonds. The average molecular weight is 297 g/mol. The van der Waals surface area contributed by atoms with E-state index in [1.54, 1.807) is 19.0 Å². The molecule has 0 aromatic rings. The first-order valence-electron chi connectivity index (χ1n) is 8.09. The Balaban J connectivity index is 1.69. The largest absolute Gasteiger partial charge is 0.381 e. The second-order valence-electron chi connectivity index (χ2n) is 6.54. The third-order valence-corrected chi connectivity index (χ3v) is 4.94. The Morgan fingerprint density at radius 1 is 1.19 bits per heavy atom. The zero-order chi connectivity index (χ0) is 14.8. The van der Waals surface area contributed by atoms with Gasteiger partial charge in [0.25, 0.3) is 0 Å². The molecule has 6 heteroatoms. The molecule has 3 atom stereocenters. The van der Waals surface area contributed by atoms with Crippen molar-refractivity contribution >= 4 is 6.03 Å². The quantitative estimate of drug-likeness (QED) is 0.814. The highest BCUT2D eigenvalue weighted by atomic mass is 16.5. The first-order chi connectivity index (χ1) is 10.2. The van der Waals surface area contributed by atoms with E-state index in [0.717, 1.165) is 45.6 Å². The highest BCUT2D eigenvalue weighted by Gasteiger charge is 2.47. The molecule has 0 aliphatic carbocycles. The Morgan fingerprint density at radius 2 is 1.95 bits per heavy atom. The average Bonchev–Trinajstić information content (AvgIpc) is 2.87. The van der Waals surface area contributed by atoms with E-state index in [-0.39, 0.29) is 18.2 Å². The molecule has 3 aliphatic heterocycles. The van der Waals surface area contributed by atoms with Crippen LogP contribution >= 0.6 is 0 Å². The van der Waals surface area contributed by atoms with Crippen LogP contribution in [-0.4, -0.2) is 80.5 Å². The zero-order valence-corrected chi connectivity index (χ0v) is 13.1. The molecule has 0 aromatic heterocycles. The number of urea groups is 1. The number of amides is 2. The van der Waals surface area contributed by atoms with Crippen molar-refractivity contribution < 1.29 is 14.3 Å². The topological polar surface area (TPSA) is 54.0 Å². The van der Waals surface area contributed by atoms with Crippen molar-refractivity contribution in [3.63, 3.8) is 0 Å². The summed E-state index contributed by atoms with van der Waals surface area (Å²) in [6, 6.07) is 1.11. The van der Waals surface area contributed by atoms with Crippen molar-refractivity contribution in [1.29, 1.82) is 0 Å². The minimum Gasteiger partial charge on any atom is -0.381 e. The Kier molecular flexibility index (Phi) is 4.66. The summed E-state index contributed by atoms with van der Waals surface area (Å²) >= 11 is 0. The molecule has 3 rings (SSSR count). The molecule has 2 unspecified atom stereocenters. The molecule has 21 heavy (non-hydrogen) atoms. The SMILES string of the molecule is CN(C)C(=O)N[C@H]1CN(C2CCOCC2)C2CCCOC21. The van der Waals surface area contributed by atoms with Crippen LogP contribution in [0.4, 0.5) is 4.79 Å². The highest BCUT2D eigenvalue weighted by molar-refractivity contribution is 5.74. The number of nitrogens with zero attached hydrogens (tertiary/aromatic N) is 2. The number of carbonyl (C=O) groups is 1. The third-order valence-electron chi connectivity index (χ3n) is 4.94. The van der Waals surface area contributed by atoms with Gasteiger partial charge < -0.3 is 19.7 Å². The number of rotatable bonds is 2. The third kappa shape index (κ3) is 3.17. The molecule has 0 spiro atoms. The van der Waals surface area contributed by atoms with Crippen molar-refractivity contribution in [2.24, 2.45) is 0 Å². The van der Waals surface area contributed by atoms with Crippen LogP contribution in [0.5, 0.6) is 0 Å². The lowest BCUT2D eigenvalue weighted by molar-refractivity contribution is -0.0389. The van der Waals surface area contributed by atoms with Crippen LogP contribution in [0.25, 0.3) is 0 Å². The van der Waals surface area contributed by atoms with Crippen molar-refractivity contribution in [1.82, 2.24) is 15.1 Å². The van der Waals surface area contributed by atoms with Gasteiger partial charge in [0.2, 0.25) is 0 Å². The van der Waals surface area contributed by atoms with Gasteiger partial charge in [-0.2, -0.15) is 0 Å². The summed E-state index contributed by atoms with van der Waals surface area (Å²) in [6.07, 6.45) is 4.63. The molecule has 6 nitrogen and oxygen atoms in total. The molecule has 0 saturated carbocycles. The summed E-state index contributed by atoms with van der Waals surface area (Å²) in [5.74, 6) is 0. The predicted molar refractivity (Wildman–Crippen MR) is 79.3 cm³/mol. The fourth-order valence-electron chi connectivity index (χ4n) is 3.84. The number of ether oxygens (including phenoxy) is 2. The van der Waals surface area contributed by atoms with Gasteiger partial charge in [-0.25, -0.2) is 4.79 Å². The summed E-state index contributed by atoms with van der Waals surface area (Å²) in [5, 5.41) is 3.14. The summed E-state index contributed by atoms with van der Waals surface area (Å²) in [4.78, 5) is 16.1. The molecular weight excluding hydrogens is 270 g/mol. The van der Waals surface area contributed by atoms with E-state index in [0.29, 0.717) is 12.1 Å². The number of nitrogens with one attached hydrogen (secondary N) is 1. The van der Waals surface area contributed by atoms with Gasteiger partial charge in [0.15, 0.2) is 0 Å². The van der Waals surface area contributed by atoms with Crippen molar-refractivity contribution in [2.75, 3.05) is 40.5 Å². The van der Waals surface area contributed by atoms with E-state index in [1.807, 2.05) is 0 Å². The maximum absolute atomic E-state index is 12.0. The summed E-state index contributed by atoms with van der Waals surface area (Å²) < 4.78 is 11.5. The van der Waals surface area contributed by atoms with Crippen molar-refractivity contribution in [3.8, 4) is 0 Å². The molecule has 3 fully saturated rings. The second kappa shape index (κ2) is 6.50. The molecule has 0 bridgehead atoms. The second-order valence-corrected chi connectivity index (χ2v) is 6.54. The number of carbonyl (C=O) groups excluding carboxylic acids is 1. The van der Waals surface area contributed by atoms with Gasteiger partial charge in [0.05, 0.1) is 12.1 Å². The maximum atomic E-state index is 12.0. The predicted octanol–water partition coefficient (Wildman–Crippen LogP) is 0.668. The minimum atomic E-state index is -0.0262. The highest BCUT2D eigenvalue weighted by Crippen LogP contribution is 2.33. The van der Waals surface area contributed by atoms with E-state index in [2.05, 4.69) is 10.2 Å². The standard InChI is InChI=1S/C15H27N3O3/c1-17(2)15(19)16-12-10-18(11-5-8-20-9-6-11)13-4-3-7-21-14(12)13/h11-14H,3-10H2,1-2H3,(H,16,19)/t12-,13?,14?/m0/s1. The monoisotopic (exact) mass is 297 g/mol. The van der Waals surface area contributed by atoms with Gasteiger partial charge in [-0.05, 0) is 25.7 Å². The summed E-state index contributed by atoms with van der Waals surface area (Å²) in [7, 11) is 3.56. The van der Waals surface area contributed by atoms with Crippen LogP contribution < -0.4 is 5.32 Å². The van der Waals surface area contributed by atoms with Crippen LogP contribution in [0.15, 0.2) is 0 Å². The summed E-state index contributed by atoms with van der Waals surface area (Å²) in [6.45, 7) is 3.43. The Hall–Kier alpha value is -0.850. The molecule has 1 N–H and O–H groups in total. The van der Waals surface area contributed by atoms with Crippen LogP contribution in [0.3, 0.4) is 0 Å². The van der Waals surface area contributed by atoms with Gasteiger partial charge in [0, 0.05) is 52.5 Å². The first kappa shape index (κ1) is 15.1. The van der Waals surface area contributed by atoms with Gasteiger partial charge in [0.1, 0.15) is 0 Å². The number of fused-ring (bicyclic) bond motifs is 1. The number of hydrogen-bond acceptors (Lipinski definition) is 4. The molecule has 3 heterocycles. The molecule has 0 aromatic carbocycles. The lowest BCUT2D eigenvalue weighted by atomic mass is 9.99. The van der Waals surface area contributed by atoms with Crippen LogP contribution in [0.1, 0.15) is 25.7 Å². The van der Waals surface area contributed by atoms with Crippen LogP contribution in [0.2, 0.25) is 0 Å². The molecule has 120 valence electrons. The molecular formula is C15H27N3O3. The van der Waals surface area contributed by atoms with E-state index >= 15 is 0 Å². The number of hydrogen-bond donors (Lipinski definition) is 1. The van der Waals surface area contributed by atoms with E-state index in [4.69, 9.17) is 9.47 Å². The summed E-state index contributed by atoms with van der Waals surface area (Å²) in [5.41, 5.74) is 0. The number of likely N-dealkylation sites (tertiary alicyclic amines) is 1. The molecule has 3 aliphatic rings. The normalized spacial score (nSPS) is 34.5. The van der Waals surface area contributed by atoms with Gasteiger partial charge in [-0.1, -0.05) is 0 Å². The van der Waals surface area contributed by atoms with Gasteiger partial charge in [-0.3, -0.25) is 4.90 Å². The lowest BCUT2D eigenvalue weighted by Crippen LogP contribution is -2.50. The minimum absolute atomic E-state index is 0.0262. The first-order valence-corrected chi connectivity index (χ1v) is 8.09. The lowest BCUT2D eigenvalue weighted by Gasteiger charge is -2.38. The fourth-order valence-corrected chi connectivity index (χ4v) is 3.84. The van der Waals surface area contributed by atoms with E-state index in [9.17, 15) is 4.79 Å². The van der Waals surface area contributed by atoms with Crippen molar-refractivity contribution in [2.45, 2.75) is 49.9 Å². The van der Waals surface area contributed by atoms with Crippen LogP contribution in [-0.2, 0) is 9.47 Å².